The summed E-state index contributed by atoms with van der Waals surface area (Å²) in [6.07, 6.45) is 8.32. The second-order valence-corrected chi connectivity index (χ2v) is 15.2. The van der Waals surface area contributed by atoms with E-state index in [9.17, 15) is 19.4 Å². The average molecular weight is 737 g/mol. The van der Waals surface area contributed by atoms with Crippen molar-refractivity contribution in [3.63, 3.8) is 0 Å². The number of oxime groups is 1. The summed E-state index contributed by atoms with van der Waals surface area (Å²) in [6, 6.07) is 11.6. The second kappa shape index (κ2) is 17.9. The van der Waals surface area contributed by atoms with Crippen molar-refractivity contribution >= 4 is 11.8 Å². The van der Waals surface area contributed by atoms with Gasteiger partial charge in [0, 0.05) is 43.7 Å². The van der Waals surface area contributed by atoms with Crippen molar-refractivity contribution in [1.82, 2.24) is 4.90 Å². The predicted molar refractivity (Wildman–Crippen MR) is 201 cm³/mol. The first kappa shape index (κ1) is 40.3. The van der Waals surface area contributed by atoms with Crippen molar-refractivity contribution in [2.75, 3.05) is 33.5 Å². The number of rotatable bonds is 17. The van der Waals surface area contributed by atoms with Gasteiger partial charge in [0.05, 0.1) is 24.8 Å². The molecule has 11 heteroatoms. The van der Waals surface area contributed by atoms with E-state index in [1.165, 1.54) is 6.07 Å². The zero-order valence-electron chi connectivity index (χ0n) is 31.9. The highest BCUT2D eigenvalue weighted by Gasteiger charge is 2.65. The van der Waals surface area contributed by atoms with Gasteiger partial charge in [0.1, 0.15) is 35.6 Å². The molecular weight excluding hydrogens is 679 g/mol. The van der Waals surface area contributed by atoms with E-state index >= 15 is 0 Å². The molecule has 0 bridgehead atoms. The van der Waals surface area contributed by atoms with Crippen LogP contribution in [-0.4, -0.2) is 77.8 Å². The highest BCUT2D eigenvalue weighted by Crippen LogP contribution is 2.61. The third kappa shape index (κ3) is 9.07. The van der Waals surface area contributed by atoms with Crippen LogP contribution in [0.5, 0.6) is 11.5 Å². The van der Waals surface area contributed by atoms with Crippen molar-refractivity contribution in [3.05, 3.63) is 83.7 Å². The third-order valence-corrected chi connectivity index (χ3v) is 10.4. The Hall–Kier alpha value is -3.93. The molecule has 3 aliphatic rings. The highest BCUT2D eigenvalue weighted by molar-refractivity contribution is 6.03. The first-order chi connectivity index (χ1) is 25.5. The van der Waals surface area contributed by atoms with E-state index in [2.05, 4.69) is 12.7 Å². The number of likely N-dealkylation sites (N-methyl/N-ethyl adjacent to an activating group) is 1. The maximum Gasteiger partial charge on any atom is 0.409 e. The number of hydrogen-bond acceptors (Lipinski definition) is 9. The lowest BCUT2D eigenvalue weighted by atomic mass is 9.55. The predicted octanol–water partition coefficient (Wildman–Crippen LogP) is 7.93. The summed E-state index contributed by atoms with van der Waals surface area (Å²) in [4.78, 5) is 21.2. The van der Waals surface area contributed by atoms with E-state index in [4.69, 9.17) is 28.9 Å². The summed E-state index contributed by atoms with van der Waals surface area (Å²) in [5.41, 5.74) is 2.43. The zero-order chi connectivity index (χ0) is 38.2. The van der Waals surface area contributed by atoms with Crippen LogP contribution in [0.4, 0.5) is 9.18 Å². The molecule has 1 amide bonds. The van der Waals surface area contributed by atoms with Crippen molar-refractivity contribution < 1.29 is 43.2 Å². The lowest BCUT2D eigenvalue weighted by molar-refractivity contribution is -0.253. The maximum absolute atomic E-state index is 14.6. The van der Waals surface area contributed by atoms with Gasteiger partial charge in [-0.2, -0.15) is 0 Å². The summed E-state index contributed by atoms with van der Waals surface area (Å²) in [5.74, 6) is -1.07. The van der Waals surface area contributed by atoms with E-state index in [0.29, 0.717) is 35.6 Å². The Morgan fingerprint density at radius 1 is 1.11 bits per heavy atom. The number of amides is 1. The van der Waals surface area contributed by atoms with E-state index in [-0.39, 0.29) is 63.0 Å². The van der Waals surface area contributed by atoms with Gasteiger partial charge in [0.15, 0.2) is 0 Å². The number of nitrogens with zero attached hydrogens (tertiary/aromatic N) is 2. The van der Waals surface area contributed by atoms with Gasteiger partial charge >= 0.3 is 6.09 Å². The smallest absolute Gasteiger partial charge is 0.409 e. The second-order valence-electron chi connectivity index (χ2n) is 15.2. The van der Waals surface area contributed by atoms with E-state index in [0.717, 1.165) is 36.8 Å². The van der Waals surface area contributed by atoms with Crippen LogP contribution in [0.25, 0.3) is 0 Å². The molecule has 10 nitrogen and oxygen atoms in total. The van der Waals surface area contributed by atoms with E-state index in [1.807, 2.05) is 39.0 Å². The fourth-order valence-electron chi connectivity index (χ4n) is 8.14. The fraction of sp³-hybridized carbons (Fsp3) is 0.571. The van der Waals surface area contributed by atoms with Gasteiger partial charge in [-0.05, 0) is 95.1 Å². The molecule has 0 aromatic heterocycles. The Bertz CT molecular complexity index is 1620. The third-order valence-electron chi connectivity index (χ3n) is 10.4. The maximum atomic E-state index is 14.6. The Balaban J connectivity index is 1.74. The van der Waals surface area contributed by atoms with Gasteiger partial charge in [-0.1, -0.05) is 48.3 Å². The average Bonchev–Trinajstić information content (AvgIpc) is 3.13. The van der Waals surface area contributed by atoms with Crippen LogP contribution in [0.3, 0.4) is 0 Å². The molecule has 6 unspecified atom stereocenters. The molecule has 0 radical (unpaired) electrons. The van der Waals surface area contributed by atoms with Crippen LogP contribution in [-0.2, 0) is 20.9 Å². The summed E-state index contributed by atoms with van der Waals surface area (Å²) in [6.45, 7) is 12.1. The number of ether oxygens (including phenoxy) is 4. The van der Waals surface area contributed by atoms with Gasteiger partial charge in [0.25, 0.3) is 0 Å². The SMILES string of the molecule is C=CCOC12Oc3ccc(OCc4ccccc4F)cc3C3C(CCCCO)C(CCCCO)C=C(C(=NOC(C)(C)C)CC1N(C)C(=O)OCC)C32. The quantitative estimate of drug-likeness (QED) is 0.0956. The van der Waals surface area contributed by atoms with Gasteiger partial charge in [0.2, 0.25) is 5.79 Å². The molecule has 2 aromatic rings. The van der Waals surface area contributed by atoms with Crippen molar-refractivity contribution in [1.29, 1.82) is 0 Å². The van der Waals surface area contributed by atoms with Gasteiger partial charge in [-0.25, -0.2) is 9.18 Å². The van der Waals surface area contributed by atoms with Crippen molar-refractivity contribution in [2.45, 2.75) is 103 Å². The molecule has 2 aromatic carbocycles. The molecule has 1 saturated carbocycles. The molecule has 290 valence electrons. The Morgan fingerprint density at radius 3 is 2.53 bits per heavy atom. The summed E-state index contributed by atoms with van der Waals surface area (Å²) in [7, 11) is 1.70. The first-order valence-electron chi connectivity index (χ1n) is 19.0. The van der Waals surface area contributed by atoms with Crippen LogP contribution in [0, 0.1) is 23.6 Å². The largest absolute Gasteiger partial charge is 0.489 e. The van der Waals surface area contributed by atoms with Crippen LogP contribution >= 0.6 is 0 Å². The molecular formula is C42H57FN2O8. The normalized spacial score (nSPS) is 25.4. The molecule has 2 N–H and O–H groups in total. The number of halogens is 1. The minimum atomic E-state index is -1.37. The number of benzene rings is 2. The lowest BCUT2D eigenvalue weighted by Crippen LogP contribution is -2.69. The summed E-state index contributed by atoms with van der Waals surface area (Å²) < 4.78 is 40.3. The Labute approximate surface area is 313 Å². The molecule has 0 spiro atoms. The number of aliphatic hydroxyl groups is 2. The van der Waals surface area contributed by atoms with E-state index < -0.39 is 29.4 Å². The van der Waals surface area contributed by atoms with Crippen LogP contribution in [0.1, 0.15) is 89.7 Å². The minimum absolute atomic E-state index is 0.0506. The number of hydrogen-bond donors (Lipinski definition) is 2. The number of carbonyl (C=O) groups excluding carboxylic acids is 1. The van der Waals surface area contributed by atoms with Crippen molar-refractivity contribution in [2.24, 2.45) is 22.9 Å². The number of fused-ring (bicyclic) bond motifs is 2. The fourth-order valence-corrected chi connectivity index (χ4v) is 8.14. The van der Waals surface area contributed by atoms with Crippen LogP contribution in [0.2, 0.25) is 0 Å². The number of aliphatic hydroxyl groups excluding tert-OH is 2. The van der Waals surface area contributed by atoms with E-state index in [1.54, 1.807) is 43.1 Å². The molecule has 1 heterocycles. The molecule has 0 saturated heterocycles. The Morgan fingerprint density at radius 2 is 1.85 bits per heavy atom. The van der Waals surface area contributed by atoms with Gasteiger partial charge < -0.3 is 38.9 Å². The number of allylic oxidation sites excluding steroid dienone is 1. The number of unbranched alkanes of at least 4 members (excludes halogenated alkanes) is 2. The standard InChI is InChI=1S/C42H57FN2O8/c1-7-23-51-42-37(45(6)40(48)49-8-2)26-35(44-53-41(3,4)5)32-24-28(15-11-13-21-46)31(17-12-14-22-47)38(39(32)42)33-25-30(19-20-36(33)52-42)50-27-29-16-9-10-18-34(29)43/h7,9-10,16,18-20,24-25,28,31,37-39,46-47H,1,8,11-15,17,21-23,26-27H2,2-6H3. The minimum Gasteiger partial charge on any atom is -0.489 e. The first-order valence-corrected chi connectivity index (χ1v) is 19.0. The molecule has 1 fully saturated rings. The van der Waals surface area contributed by atoms with Crippen LogP contribution < -0.4 is 9.47 Å². The van der Waals surface area contributed by atoms with Gasteiger partial charge in [-0.3, -0.25) is 0 Å². The zero-order valence-corrected chi connectivity index (χ0v) is 31.9. The van der Waals surface area contributed by atoms with Crippen molar-refractivity contribution in [3.8, 4) is 11.5 Å². The molecule has 6 atom stereocenters. The molecule has 2 aliphatic carbocycles. The lowest BCUT2D eigenvalue weighted by Gasteiger charge is -2.59. The number of carbonyl (C=O) groups is 1. The summed E-state index contributed by atoms with van der Waals surface area (Å²) >= 11 is 0. The van der Waals surface area contributed by atoms with Crippen LogP contribution in [0.15, 0.2) is 71.9 Å². The summed E-state index contributed by atoms with van der Waals surface area (Å²) in [5, 5.41) is 24.4. The molecule has 53 heavy (non-hydrogen) atoms. The molecule has 5 rings (SSSR count). The Kier molecular flexibility index (Phi) is 13.6. The molecule has 1 aliphatic heterocycles. The highest BCUT2D eigenvalue weighted by atomic mass is 19.1. The monoisotopic (exact) mass is 736 g/mol. The topological polar surface area (TPSA) is 119 Å². The van der Waals surface area contributed by atoms with Gasteiger partial charge in [-0.15, -0.1) is 6.58 Å².